The topological polar surface area (TPSA) is 108 Å². The molecule has 1 saturated carbocycles. The minimum Gasteiger partial charge on any atom is -0.503 e. The van der Waals surface area contributed by atoms with Crippen LogP contribution < -0.4 is 5.43 Å². The summed E-state index contributed by atoms with van der Waals surface area (Å²) in [7, 11) is -3.30. The van der Waals surface area contributed by atoms with E-state index in [2.05, 4.69) is 10.1 Å². The number of hydrogen-bond acceptors (Lipinski definition) is 5. The third kappa shape index (κ3) is 3.39. The zero-order chi connectivity index (χ0) is 22.8. The minimum atomic E-state index is -3.30. The van der Waals surface area contributed by atoms with Gasteiger partial charge < -0.3 is 10.1 Å². The molecular formula is C21H22F2N4O4S. The lowest BCUT2D eigenvalue weighted by atomic mass is 9.92. The number of fused-ring (bicyclic) bond motifs is 1. The van der Waals surface area contributed by atoms with Gasteiger partial charge in [0.2, 0.25) is 15.5 Å². The SMILES string of the molecule is CS(=O)(=O)N1CCC(c2nn(C3CC3)c3[nH]c(-c4c(F)cccc4F)c(O)c(=O)c23)CC1. The fourth-order valence-corrected chi connectivity index (χ4v) is 5.33. The van der Waals surface area contributed by atoms with Gasteiger partial charge in [-0.3, -0.25) is 4.79 Å². The highest BCUT2D eigenvalue weighted by Gasteiger charge is 2.34. The van der Waals surface area contributed by atoms with Crippen molar-refractivity contribution in [1.82, 2.24) is 19.1 Å². The Hall–Kier alpha value is -2.79. The number of hydrogen-bond donors (Lipinski definition) is 2. The molecule has 2 fully saturated rings. The van der Waals surface area contributed by atoms with E-state index in [9.17, 15) is 27.1 Å². The lowest BCUT2D eigenvalue weighted by Crippen LogP contribution is -2.37. The van der Waals surface area contributed by atoms with Crippen LogP contribution in [0.4, 0.5) is 8.78 Å². The molecule has 1 aromatic carbocycles. The maximum atomic E-state index is 14.4. The Labute approximate surface area is 182 Å². The van der Waals surface area contributed by atoms with Crippen molar-refractivity contribution in [2.45, 2.75) is 37.6 Å². The number of piperidine rings is 1. The number of aromatic amines is 1. The highest BCUT2D eigenvalue weighted by Crippen LogP contribution is 2.41. The number of nitrogens with one attached hydrogen (secondary N) is 1. The zero-order valence-electron chi connectivity index (χ0n) is 17.3. The van der Waals surface area contributed by atoms with Crippen molar-refractivity contribution in [2.75, 3.05) is 19.3 Å². The summed E-state index contributed by atoms with van der Waals surface area (Å²) >= 11 is 0. The maximum Gasteiger partial charge on any atom is 0.235 e. The molecule has 1 aliphatic carbocycles. The van der Waals surface area contributed by atoms with E-state index in [4.69, 9.17) is 0 Å². The molecule has 0 spiro atoms. The smallest absolute Gasteiger partial charge is 0.235 e. The van der Waals surface area contributed by atoms with Crippen LogP contribution in [0.5, 0.6) is 5.75 Å². The number of nitrogens with zero attached hydrogens (tertiary/aromatic N) is 3. The molecule has 32 heavy (non-hydrogen) atoms. The first-order chi connectivity index (χ1) is 15.2. The summed E-state index contributed by atoms with van der Waals surface area (Å²) in [5.41, 5.74) is -0.775. The van der Waals surface area contributed by atoms with E-state index in [1.165, 1.54) is 10.4 Å². The fraction of sp³-hybridized carbons (Fsp3) is 0.429. The molecule has 0 bridgehead atoms. The van der Waals surface area contributed by atoms with E-state index in [0.717, 1.165) is 31.2 Å². The van der Waals surface area contributed by atoms with Crippen LogP contribution >= 0.6 is 0 Å². The van der Waals surface area contributed by atoms with Crippen LogP contribution in [0.2, 0.25) is 0 Å². The Morgan fingerprint density at radius 3 is 2.31 bits per heavy atom. The first-order valence-electron chi connectivity index (χ1n) is 10.4. The Morgan fingerprint density at radius 2 is 1.75 bits per heavy atom. The van der Waals surface area contributed by atoms with Gasteiger partial charge in [0.25, 0.3) is 0 Å². The van der Waals surface area contributed by atoms with E-state index in [-0.39, 0.29) is 23.0 Å². The maximum absolute atomic E-state index is 14.4. The molecule has 11 heteroatoms. The molecule has 0 amide bonds. The molecule has 5 rings (SSSR count). The van der Waals surface area contributed by atoms with Crippen LogP contribution in [0.25, 0.3) is 22.3 Å². The van der Waals surface area contributed by atoms with Gasteiger partial charge in [-0.2, -0.15) is 5.10 Å². The third-order valence-electron chi connectivity index (χ3n) is 6.28. The van der Waals surface area contributed by atoms with Crippen LogP contribution in [0.15, 0.2) is 23.0 Å². The monoisotopic (exact) mass is 464 g/mol. The quantitative estimate of drug-likeness (QED) is 0.617. The molecular weight excluding hydrogens is 442 g/mol. The van der Waals surface area contributed by atoms with Gasteiger partial charge >= 0.3 is 0 Å². The number of pyridine rings is 1. The molecule has 3 aromatic rings. The van der Waals surface area contributed by atoms with Crippen LogP contribution in [0.1, 0.15) is 43.3 Å². The van der Waals surface area contributed by atoms with Crippen molar-refractivity contribution in [3.8, 4) is 17.0 Å². The van der Waals surface area contributed by atoms with Gasteiger partial charge in [0.1, 0.15) is 17.3 Å². The lowest BCUT2D eigenvalue weighted by molar-refractivity contribution is 0.318. The van der Waals surface area contributed by atoms with Gasteiger partial charge in [0.05, 0.1) is 34.6 Å². The molecule has 1 saturated heterocycles. The molecule has 2 N–H and O–H groups in total. The summed E-state index contributed by atoms with van der Waals surface area (Å²) in [4.78, 5) is 16.1. The number of benzene rings is 1. The van der Waals surface area contributed by atoms with Gasteiger partial charge in [-0.15, -0.1) is 0 Å². The van der Waals surface area contributed by atoms with Gasteiger partial charge in [0.15, 0.2) is 5.75 Å². The average molecular weight is 464 g/mol. The molecule has 0 unspecified atom stereocenters. The summed E-state index contributed by atoms with van der Waals surface area (Å²) in [6.45, 7) is 0.618. The molecule has 170 valence electrons. The lowest BCUT2D eigenvalue weighted by Gasteiger charge is -2.29. The average Bonchev–Trinajstić information content (AvgIpc) is 3.51. The highest BCUT2D eigenvalue weighted by atomic mass is 32.2. The normalized spacial score (nSPS) is 18.5. The van der Waals surface area contributed by atoms with Gasteiger partial charge in [0, 0.05) is 19.0 Å². The zero-order valence-corrected chi connectivity index (χ0v) is 18.1. The number of halogens is 2. The van der Waals surface area contributed by atoms with E-state index >= 15 is 0 Å². The third-order valence-corrected chi connectivity index (χ3v) is 7.58. The minimum absolute atomic E-state index is 0.0564. The Kier molecular flexibility index (Phi) is 4.86. The Balaban J connectivity index is 1.66. The summed E-state index contributed by atoms with van der Waals surface area (Å²) in [6, 6.07) is 3.37. The van der Waals surface area contributed by atoms with Crippen molar-refractivity contribution in [2.24, 2.45) is 0 Å². The molecule has 2 aliphatic rings. The van der Waals surface area contributed by atoms with Crippen LogP contribution in [-0.2, 0) is 10.0 Å². The summed E-state index contributed by atoms with van der Waals surface area (Å²) in [5, 5.41) is 15.5. The number of aromatic hydroxyl groups is 1. The van der Waals surface area contributed by atoms with Crippen molar-refractivity contribution in [1.29, 1.82) is 0 Å². The second-order valence-electron chi connectivity index (χ2n) is 8.50. The standard InChI is InChI=1S/C21H22F2N4O4S/c1-32(30,31)26-9-7-11(8-10-26)17-16-19(28)20(29)18(15-13(22)3-2-4-14(15)23)24-21(16)27(25-17)12-5-6-12/h2-4,11-12,29H,5-10H2,1H3,(H,24,28). The highest BCUT2D eigenvalue weighted by molar-refractivity contribution is 7.88. The van der Waals surface area contributed by atoms with E-state index in [1.807, 2.05) is 0 Å². The molecule has 2 aromatic heterocycles. The second-order valence-corrected chi connectivity index (χ2v) is 10.5. The van der Waals surface area contributed by atoms with Crippen molar-refractivity contribution >= 4 is 21.1 Å². The predicted molar refractivity (Wildman–Crippen MR) is 114 cm³/mol. The first kappa shape index (κ1) is 21.1. The Bertz CT molecular complexity index is 1370. The van der Waals surface area contributed by atoms with Crippen molar-refractivity contribution < 1.29 is 22.3 Å². The Morgan fingerprint density at radius 1 is 1.12 bits per heavy atom. The number of aromatic nitrogens is 3. The molecule has 1 aliphatic heterocycles. The summed E-state index contributed by atoms with van der Waals surface area (Å²) in [5.74, 6) is -2.75. The summed E-state index contributed by atoms with van der Waals surface area (Å²) in [6.07, 6.45) is 3.84. The van der Waals surface area contributed by atoms with E-state index in [1.54, 1.807) is 4.68 Å². The predicted octanol–water partition coefficient (Wildman–Crippen LogP) is 2.85. The van der Waals surface area contributed by atoms with Gasteiger partial charge in [-0.1, -0.05) is 6.07 Å². The number of H-pyrrole nitrogens is 1. The van der Waals surface area contributed by atoms with E-state index < -0.39 is 38.4 Å². The molecule has 0 atom stereocenters. The molecule has 3 heterocycles. The van der Waals surface area contributed by atoms with Crippen molar-refractivity contribution in [3.63, 3.8) is 0 Å². The van der Waals surface area contributed by atoms with Crippen LogP contribution in [0, 0.1) is 11.6 Å². The molecule has 8 nitrogen and oxygen atoms in total. The second kappa shape index (κ2) is 7.38. The number of rotatable bonds is 4. The largest absolute Gasteiger partial charge is 0.503 e. The summed E-state index contributed by atoms with van der Waals surface area (Å²) < 4.78 is 55.5. The van der Waals surface area contributed by atoms with Crippen LogP contribution in [-0.4, -0.2) is 51.9 Å². The van der Waals surface area contributed by atoms with E-state index in [0.29, 0.717) is 37.3 Å². The molecule has 0 radical (unpaired) electrons. The number of sulfonamides is 1. The fourth-order valence-electron chi connectivity index (χ4n) is 4.45. The van der Waals surface area contributed by atoms with Gasteiger partial charge in [-0.05, 0) is 37.8 Å². The van der Waals surface area contributed by atoms with Crippen LogP contribution in [0.3, 0.4) is 0 Å². The first-order valence-corrected chi connectivity index (χ1v) is 12.3. The van der Waals surface area contributed by atoms with Gasteiger partial charge in [-0.25, -0.2) is 26.2 Å². The van der Waals surface area contributed by atoms with Crippen molar-refractivity contribution in [3.05, 3.63) is 45.8 Å².